The Kier molecular flexibility index (Phi) is 6.71. The first-order chi connectivity index (χ1) is 14.9. The summed E-state index contributed by atoms with van der Waals surface area (Å²) in [5.41, 5.74) is 3.13. The number of methoxy groups -OCH3 is 1. The van der Waals surface area contributed by atoms with E-state index in [9.17, 15) is 14.4 Å². The zero-order valence-corrected chi connectivity index (χ0v) is 17.5. The van der Waals surface area contributed by atoms with Crippen molar-refractivity contribution in [2.75, 3.05) is 31.4 Å². The Hall–Kier alpha value is -4.07. The summed E-state index contributed by atoms with van der Waals surface area (Å²) >= 11 is 0. The number of anilines is 2. The Balaban J connectivity index is 1.75. The summed E-state index contributed by atoms with van der Waals surface area (Å²) in [7, 11) is 5.12. The molecule has 0 fully saturated rings. The highest BCUT2D eigenvalue weighted by molar-refractivity contribution is 6.04. The lowest BCUT2D eigenvalue weighted by molar-refractivity contribution is 0.0600. The summed E-state index contributed by atoms with van der Waals surface area (Å²) < 4.78 is 9.71. The van der Waals surface area contributed by atoms with Gasteiger partial charge in [0.2, 0.25) is 0 Å². The first-order valence-electron chi connectivity index (χ1n) is 9.49. The third kappa shape index (κ3) is 5.51. The third-order valence-electron chi connectivity index (χ3n) is 4.55. The van der Waals surface area contributed by atoms with E-state index in [2.05, 4.69) is 10.6 Å². The molecule has 0 aliphatic rings. The van der Waals surface area contributed by atoms with Crippen LogP contribution >= 0.6 is 0 Å². The van der Waals surface area contributed by atoms with Crippen LogP contribution in [-0.4, -0.2) is 39.0 Å². The number of nitrogens with one attached hydrogen (secondary N) is 2. The highest BCUT2D eigenvalue weighted by Crippen LogP contribution is 2.18. The Labute approximate surface area is 179 Å². The van der Waals surface area contributed by atoms with Gasteiger partial charge in [-0.1, -0.05) is 0 Å². The molecule has 31 heavy (non-hydrogen) atoms. The molecular formula is C23H23N3O5. The van der Waals surface area contributed by atoms with Crippen LogP contribution in [0, 0.1) is 0 Å². The molecule has 3 rings (SSSR count). The van der Waals surface area contributed by atoms with E-state index in [0.717, 1.165) is 5.69 Å². The van der Waals surface area contributed by atoms with Crippen molar-refractivity contribution >= 4 is 29.2 Å². The first kappa shape index (κ1) is 21.6. The number of benzene rings is 2. The number of hydrogen-bond donors (Lipinski definition) is 2. The standard InChI is InChI=1S/C23H23N3O5/c1-26(2)20-6-4-16(5-7-20)21(27)24-13-15-10-18(23(29)30-3)12-19(11-15)25-22(28)17-8-9-31-14-17/h4-12,14H,13H2,1-3H3,(H,24,27)(H,25,28). The van der Waals surface area contributed by atoms with Gasteiger partial charge in [-0.25, -0.2) is 4.79 Å². The van der Waals surface area contributed by atoms with Crippen molar-refractivity contribution in [3.05, 3.63) is 83.3 Å². The first-order valence-corrected chi connectivity index (χ1v) is 9.49. The number of ether oxygens (including phenoxy) is 1. The van der Waals surface area contributed by atoms with Gasteiger partial charge in [-0.15, -0.1) is 0 Å². The number of furan rings is 1. The van der Waals surface area contributed by atoms with Crippen LogP contribution in [0.25, 0.3) is 0 Å². The quantitative estimate of drug-likeness (QED) is 0.568. The number of carbonyl (C=O) groups excluding carboxylic acids is 3. The van der Waals surface area contributed by atoms with Crippen molar-refractivity contribution in [3.63, 3.8) is 0 Å². The Morgan fingerprint density at radius 2 is 1.68 bits per heavy atom. The van der Waals surface area contributed by atoms with Crippen LogP contribution in [0.1, 0.15) is 36.6 Å². The molecule has 3 aromatic rings. The number of nitrogens with zero attached hydrogens (tertiary/aromatic N) is 1. The molecule has 1 aromatic heterocycles. The highest BCUT2D eigenvalue weighted by atomic mass is 16.5. The van der Waals surface area contributed by atoms with E-state index in [1.165, 1.54) is 31.8 Å². The van der Waals surface area contributed by atoms with Crippen molar-refractivity contribution in [1.82, 2.24) is 5.32 Å². The summed E-state index contributed by atoms with van der Waals surface area (Å²) in [6.07, 6.45) is 2.72. The molecule has 8 heteroatoms. The molecule has 0 bridgehead atoms. The molecule has 0 unspecified atom stereocenters. The molecule has 0 saturated carbocycles. The van der Waals surface area contributed by atoms with Crippen LogP contribution in [0.4, 0.5) is 11.4 Å². The number of amides is 2. The van der Waals surface area contributed by atoms with Crippen LogP contribution < -0.4 is 15.5 Å². The SMILES string of the molecule is COC(=O)c1cc(CNC(=O)c2ccc(N(C)C)cc2)cc(NC(=O)c2ccoc2)c1. The summed E-state index contributed by atoms with van der Waals surface area (Å²) in [5, 5.41) is 5.54. The van der Waals surface area contributed by atoms with Gasteiger partial charge < -0.3 is 24.7 Å². The van der Waals surface area contributed by atoms with Gasteiger partial charge in [-0.3, -0.25) is 9.59 Å². The van der Waals surface area contributed by atoms with Crippen LogP contribution in [0.15, 0.2) is 65.5 Å². The second kappa shape index (κ2) is 9.62. The monoisotopic (exact) mass is 421 g/mol. The van der Waals surface area contributed by atoms with Crippen LogP contribution in [0.3, 0.4) is 0 Å². The molecular weight excluding hydrogens is 398 g/mol. The van der Waals surface area contributed by atoms with Crippen molar-refractivity contribution < 1.29 is 23.5 Å². The van der Waals surface area contributed by atoms with Crippen LogP contribution in [-0.2, 0) is 11.3 Å². The normalized spacial score (nSPS) is 10.3. The predicted molar refractivity (Wildman–Crippen MR) is 116 cm³/mol. The van der Waals surface area contributed by atoms with Crippen molar-refractivity contribution in [3.8, 4) is 0 Å². The van der Waals surface area contributed by atoms with E-state index in [4.69, 9.17) is 9.15 Å². The fourth-order valence-corrected chi connectivity index (χ4v) is 2.89. The fourth-order valence-electron chi connectivity index (χ4n) is 2.89. The minimum absolute atomic E-state index is 0.160. The van der Waals surface area contributed by atoms with Gasteiger partial charge in [-0.05, 0) is 54.1 Å². The van der Waals surface area contributed by atoms with E-state index in [1.807, 2.05) is 31.1 Å². The summed E-state index contributed by atoms with van der Waals surface area (Å²) in [6, 6.07) is 13.5. The maximum Gasteiger partial charge on any atom is 0.337 e. The largest absolute Gasteiger partial charge is 0.472 e. The van der Waals surface area contributed by atoms with Gasteiger partial charge in [0.25, 0.3) is 11.8 Å². The van der Waals surface area contributed by atoms with Gasteiger partial charge in [0.15, 0.2) is 0 Å². The lowest BCUT2D eigenvalue weighted by atomic mass is 10.1. The van der Waals surface area contributed by atoms with Gasteiger partial charge in [-0.2, -0.15) is 0 Å². The summed E-state index contributed by atoms with van der Waals surface area (Å²) in [4.78, 5) is 38.8. The van der Waals surface area contributed by atoms with Crippen LogP contribution in [0.5, 0.6) is 0 Å². The Morgan fingerprint density at radius 1 is 0.935 bits per heavy atom. The minimum atomic E-state index is -0.550. The second-order valence-electron chi connectivity index (χ2n) is 7.00. The van der Waals surface area contributed by atoms with E-state index in [1.54, 1.807) is 24.3 Å². The van der Waals surface area contributed by atoms with Gasteiger partial charge in [0, 0.05) is 37.6 Å². The smallest absolute Gasteiger partial charge is 0.337 e. The fraction of sp³-hybridized carbons (Fsp3) is 0.174. The van der Waals surface area contributed by atoms with Gasteiger partial charge in [0.1, 0.15) is 6.26 Å². The molecule has 0 radical (unpaired) electrons. The molecule has 0 aliphatic heterocycles. The Morgan fingerprint density at radius 3 is 2.29 bits per heavy atom. The molecule has 0 spiro atoms. The number of hydrogen-bond acceptors (Lipinski definition) is 6. The molecule has 0 saturated heterocycles. The molecule has 0 aliphatic carbocycles. The number of carbonyl (C=O) groups is 3. The predicted octanol–water partition coefficient (Wildman–Crippen LogP) is 3.31. The lowest BCUT2D eigenvalue weighted by Gasteiger charge is -2.13. The third-order valence-corrected chi connectivity index (χ3v) is 4.55. The Bertz CT molecular complexity index is 1070. The van der Waals surface area contributed by atoms with E-state index in [-0.39, 0.29) is 23.9 Å². The molecule has 8 nitrogen and oxygen atoms in total. The van der Waals surface area contributed by atoms with E-state index in [0.29, 0.717) is 22.4 Å². The number of esters is 1. The molecule has 2 aromatic carbocycles. The highest BCUT2D eigenvalue weighted by Gasteiger charge is 2.13. The average Bonchev–Trinajstić information content (AvgIpc) is 3.32. The van der Waals surface area contributed by atoms with Crippen molar-refractivity contribution in [1.29, 1.82) is 0 Å². The molecule has 1 heterocycles. The summed E-state index contributed by atoms with van der Waals surface area (Å²) in [6.45, 7) is 0.160. The number of rotatable bonds is 7. The molecule has 160 valence electrons. The van der Waals surface area contributed by atoms with Gasteiger partial charge in [0.05, 0.1) is 24.5 Å². The molecule has 2 amide bonds. The van der Waals surface area contributed by atoms with Crippen LogP contribution in [0.2, 0.25) is 0 Å². The zero-order chi connectivity index (χ0) is 22.4. The lowest BCUT2D eigenvalue weighted by Crippen LogP contribution is -2.23. The van der Waals surface area contributed by atoms with Gasteiger partial charge >= 0.3 is 5.97 Å². The summed E-state index contributed by atoms with van der Waals surface area (Å²) in [5.74, 6) is -1.18. The zero-order valence-electron chi connectivity index (χ0n) is 17.5. The molecule has 0 atom stereocenters. The van der Waals surface area contributed by atoms with E-state index >= 15 is 0 Å². The maximum atomic E-state index is 12.5. The average molecular weight is 421 g/mol. The van der Waals surface area contributed by atoms with Crippen molar-refractivity contribution in [2.45, 2.75) is 6.54 Å². The second-order valence-corrected chi connectivity index (χ2v) is 7.00. The van der Waals surface area contributed by atoms with Crippen molar-refractivity contribution in [2.24, 2.45) is 0 Å². The maximum absolute atomic E-state index is 12.5. The molecule has 2 N–H and O–H groups in total. The minimum Gasteiger partial charge on any atom is -0.472 e. The topological polar surface area (TPSA) is 101 Å². The van der Waals surface area contributed by atoms with E-state index < -0.39 is 5.97 Å².